The topological polar surface area (TPSA) is 86.7 Å². The molecule has 0 aliphatic carbocycles. The SMILES string of the molecule is COc1ccc(CC(=O)NCc2cc(-c3cc4ccccc4o3)on2)cc1OC. The van der Waals surface area contributed by atoms with Crippen LogP contribution in [0.3, 0.4) is 0 Å². The first-order valence-electron chi connectivity index (χ1n) is 9.08. The molecule has 7 heteroatoms. The molecule has 0 saturated carbocycles. The van der Waals surface area contributed by atoms with Crippen LogP contribution in [0, 0.1) is 0 Å². The number of benzene rings is 2. The molecule has 0 spiro atoms. The van der Waals surface area contributed by atoms with Crippen molar-refractivity contribution in [3.63, 3.8) is 0 Å². The first-order chi connectivity index (χ1) is 14.2. The molecule has 4 rings (SSSR count). The number of hydrogen-bond donors (Lipinski definition) is 1. The van der Waals surface area contributed by atoms with Gasteiger partial charge in [-0.25, -0.2) is 0 Å². The number of carbonyl (C=O) groups excluding carboxylic acids is 1. The number of hydrogen-bond acceptors (Lipinski definition) is 6. The minimum Gasteiger partial charge on any atom is -0.493 e. The summed E-state index contributed by atoms with van der Waals surface area (Å²) >= 11 is 0. The van der Waals surface area contributed by atoms with Gasteiger partial charge in [0.15, 0.2) is 17.3 Å². The van der Waals surface area contributed by atoms with E-state index < -0.39 is 0 Å². The Morgan fingerprint density at radius 2 is 1.83 bits per heavy atom. The molecular weight excluding hydrogens is 372 g/mol. The van der Waals surface area contributed by atoms with Gasteiger partial charge in [-0.2, -0.15) is 0 Å². The molecule has 29 heavy (non-hydrogen) atoms. The Hall–Kier alpha value is -3.74. The molecule has 2 aromatic heterocycles. The van der Waals surface area contributed by atoms with Gasteiger partial charge in [0.1, 0.15) is 11.3 Å². The van der Waals surface area contributed by atoms with Gasteiger partial charge in [-0.05, 0) is 29.8 Å². The van der Waals surface area contributed by atoms with Gasteiger partial charge in [0.2, 0.25) is 11.7 Å². The normalized spacial score (nSPS) is 10.8. The Bertz CT molecular complexity index is 1110. The van der Waals surface area contributed by atoms with Crippen LogP contribution >= 0.6 is 0 Å². The van der Waals surface area contributed by atoms with Crippen molar-refractivity contribution >= 4 is 16.9 Å². The number of carbonyl (C=O) groups is 1. The van der Waals surface area contributed by atoms with E-state index in [9.17, 15) is 4.79 Å². The van der Waals surface area contributed by atoms with Gasteiger partial charge >= 0.3 is 0 Å². The van der Waals surface area contributed by atoms with E-state index in [1.165, 1.54) is 0 Å². The minimum absolute atomic E-state index is 0.134. The average Bonchev–Trinajstić information content (AvgIpc) is 3.39. The first kappa shape index (κ1) is 18.6. The van der Waals surface area contributed by atoms with Crippen LogP contribution in [0.25, 0.3) is 22.5 Å². The van der Waals surface area contributed by atoms with Crippen molar-refractivity contribution in [3.05, 3.63) is 65.9 Å². The standard InChI is InChI=1S/C22H20N2O5/c1-26-18-8-7-14(9-19(18)27-2)10-22(25)23-13-16-12-21(29-24-16)20-11-15-5-3-4-6-17(15)28-20/h3-9,11-12H,10,13H2,1-2H3,(H,23,25). The van der Waals surface area contributed by atoms with Crippen LogP contribution in [0.5, 0.6) is 11.5 Å². The number of methoxy groups -OCH3 is 2. The van der Waals surface area contributed by atoms with Crippen LogP contribution in [0.4, 0.5) is 0 Å². The molecule has 0 bridgehead atoms. The van der Waals surface area contributed by atoms with E-state index in [1.807, 2.05) is 36.4 Å². The molecular formula is C22H20N2O5. The van der Waals surface area contributed by atoms with E-state index in [0.29, 0.717) is 28.7 Å². The molecule has 0 aliphatic heterocycles. The number of nitrogens with one attached hydrogen (secondary N) is 1. The summed E-state index contributed by atoms with van der Waals surface area (Å²) < 4.78 is 21.6. The molecule has 148 valence electrons. The Kier molecular flexibility index (Phi) is 5.20. The number of aromatic nitrogens is 1. The second-order valence-corrected chi connectivity index (χ2v) is 6.47. The van der Waals surface area contributed by atoms with Crippen molar-refractivity contribution in [2.75, 3.05) is 14.2 Å². The third-order valence-corrected chi connectivity index (χ3v) is 4.51. The molecule has 0 aliphatic rings. The Labute approximate surface area is 167 Å². The van der Waals surface area contributed by atoms with E-state index in [2.05, 4.69) is 10.5 Å². The quantitative estimate of drug-likeness (QED) is 0.512. The molecule has 4 aromatic rings. The molecule has 1 N–H and O–H groups in total. The lowest BCUT2D eigenvalue weighted by Gasteiger charge is -2.09. The smallest absolute Gasteiger partial charge is 0.224 e. The van der Waals surface area contributed by atoms with Gasteiger partial charge in [0.05, 0.1) is 27.2 Å². The van der Waals surface area contributed by atoms with Crippen molar-refractivity contribution < 1.29 is 23.2 Å². The molecule has 0 radical (unpaired) electrons. The zero-order valence-electron chi connectivity index (χ0n) is 16.1. The summed E-state index contributed by atoms with van der Waals surface area (Å²) in [6.07, 6.45) is 0.217. The summed E-state index contributed by atoms with van der Waals surface area (Å²) in [6.45, 7) is 0.260. The zero-order chi connectivity index (χ0) is 20.2. The Balaban J connectivity index is 1.37. The molecule has 0 unspecified atom stereocenters. The monoisotopic (exact) mass is 392 g/mol. The summed E-state index contributed by atoms with van der Waals surface area (Å²) in [5.74, 6) is 2.19. The fourth-order valence-corrected chi connectivity index (χ4v) is 3.04. The van der Waals surface area contributed by atoms with Gasteiger partial charge in [-0.15, -0.1) is 0 Å². The molecule has 0 saturated heterocycles. The second kappa shape index (κ2) is 8.10. The van der Waals surface area contributed by atoms with Gasteiger partial charge in [0, 0.05) is 11.5 Å². The third-order valence-electron chi connectivity index (χ3n) is 4.51. The number of furan rings is 1. The lowest BCUT2D eigenvalue weighted by molar-refractivity contribution is -0.120. The Morgan fingerprint density at radius 3 is 2.62 bits per heavy atom. The highest BCUT2D eigenvalue weighted by molar-refractivity contribution is 5.82. The van der Waals surface area contributed by atoms with E-state index >= 15 is 0 Å². The molecule has 1 amide bonds. The number of ether oxygens (including phenoxy) is 2. The van der Waals surface area contributed by atoms with Crippen LogP contribution in [-0.2, 0) is 17.8 Å². The summed E-state index contributed by atoms with van der Waals surface area (Å²) in [4.78, 5) is 12.3. The minimum atomic E-state index is -0.134. The molecule has 2 aromatic carbocycles. The highest BCUT2D eigenvalue weighted by Crippen LogP contribution is 2.29. The van der Waals surface area contributed by atoms with Crippen LogP contribution in [0.1, 0.15) is 11.3 Å². The molecule has 0 atom stereocenters. The van der Waals surface area contributed by atoms with E-state index in [4.69, 9.17) is 18.4 Å². The maximum Gasteiger partial charge on any atom is 0.224 e. The van der Waals surface area contributed by atoms with E-state index in [0.717, 1.165) is 16.5 Å². The maximum absolute atomic E-state index is 12.3. The third kappa shape index (κ3) is 4.08. The lowest BCUT2D eigenvalue weighted by atomic mass is 10.1. The number of amides is 1. The summed E-state index contributed by atoms with van der Waals surface area (Å²) in [7, 11) is 3.13. The highest BCUT2D eigenvalue weighted by Gasteiger charge is 2.13. The summed E-state index contributed by atoms with van der Waals surface area (Å²) in [6, 6.07) is 16.8. The van der Waals surface area contributed by atoms with Crippen molar-refractivity contribution in [2.24, 2.45) is 0 Å². The van der Waals surface area contributed by atoms with Crippen molar-refractivity contribution in [1.29, 1.82) is 0 Å². The number of rotatable bonds is 7. The van der Waals surface area contributed by atoms with E-state index in [-0.39, 0.29) is 18.9 Å². The van der Waals surface area contributed by atoms with Gasteiger partial charge < -0.3 is 23.7 Å². The second-order valence-electron chi connectivity index (χ2n) is 6.47. The summed E-state index contributed by atoms with van der Waals surface area (Å²) in [5.41, 5.74) is 2.22. The van der Waals surface area contributed by atoms with Crippen molar-refractivity contribution in [2.45, 2.75) is 13.0 Å². The molecule has 2 heterocycles. The van der Waals surface area contributed by atoms with Crippen molar-refractivity contribution in [1.82, 2.24) is 10.5 Å². The molecule has 7 nitrogen and oxygen atoms in total. The highest BCUT2D eigenvalue weighted by atomic mass is 16.5. The fourth-order valence-electron chi connectivity index (χ4n) is 3.04. The van der Waals surface area contributed by atoms with Gasteiger partial charge in [0.25, 0.3) is 0 Å². The molecule has 0 fully saturated rings. The number of para-hydroxylation sites is 1. The predicted molar refractivity (Wildman–Crippen MR) is 107 cm³/mol. The van der Waals surface area contributed by atoms with Crippen LogP contribution in [-0.4, -0.2) is 25.3 Å². The van der Waals surface area contributed by atoms with E-state index in [1.54, 1.807) is 32.4 Å². The van der Waals surface area contributed by atoms with Crippen LogP contribution in [0.15, 0.2) is 63.5 Å². The zero-order valence-corrected chi connectivity index (χ0v) is 16.1. The Morgan fingerprint density at radius 1 is 1.00 bits per heavy atom. The van der Waals surface area contributed by atoms with Gasteiger partial charge in [-0.1, -0.05) is 29.4 Å². The predicted octanol–water partition coefficient (Wildman–Crippen LogP) is 3.96. The average molecular weight is 392 g/mol. The number of nitrogens with zero attached hydrogens (tertiary/aromatic N) is 1. The van der Waals surface area contributed by atoms with Gasteiger partial charge in [-0.3, -0.25) is 4.79 Å². The maximum atomic E-state index is 12.3. The van der Waals surface area contributed by atoms with Crippen LogP contribution < -0.4 is 14.8 Å². The lowest BCUT2D eigenvalue weighted by Crippen LogP contribution is -2.24. The fraction of sp³-hybridized carbons (Fsp3) is 0.182. The first-order valence-corrected chi connectivity index (χ1v) is 9.08. The number of fused-ring (bicyclic) bond motifs is 1. The summed E-state index contributed by atoms with van der Waals surface area (Å²) in [5, 5.41) is 7.84. The van der Waals surface area contributed by atoms with Crippen molar-refractivity contribution in [3.8, 4) is 23.0 Å². The largest absolute Gasteiger partial charge is 0.493 e. The van der Waals surface area contributed by atoms with Crippen LogP contribution in [0.2, 0.25) is 0 Å².